The quantitative estimate of drug-likeness (QED) is 0.367. The second-order valence-electron chi connectivity index (χ2n) is 11.7. The minimum Gasteiger partial charge on any atom is -0.491 e. The normalized spacial score (nSPS) is 24.2. The van der Waals surface area contributed by atoms with Gasteiger partial charge in [-0.25, -0.2) is 8.42 Å². The largest absolute Gasteiger partial charge is 0.491 e. The summed E-state index contributed by atoms with van der Waals surface area (Å²) in [6.45, 7) is 3.44. The van der Waals surface area contributed by atoms with Crippen LogP contribution in [0.3, 0.4) is 0 Å². The molecule has 1 saturated heterocycles. The Labute approximate surface area is 244 Å². The predicted octanol–water partition coefficient (Wildman–Crippen LogP) is 3.85. The molecule has 13 heteroatoms. The van der Waals surface area contributed by atoms with Crippen molar-refractivity contribution in [3.63, 3.8) is 0 Å². The number of aliphatic imine (C=N–C) groups is 1. The number of rotatable bonds is 10. The van der Waals surface area contributed by atoms with Crippen molar-refractivity contribution in [3.8, 4) is 5.75 Å². The number of carbonyl (C=O) groups is 1. The van der Waals surface area contributed by atoms with Crippen molar-refractivity contribution in [2.45, 2.75) is 83.0 Å². The fourth-order valence-corrected chi connectivity index (χ4v) is 7.22. The van der Waals surface area contributed by atoms with Crippen molar-refractivity contribution in [3.05, 3.63) is 34.2 Å². The van der Waals surface area contributed by atoms with E-state index in [4.69, 9.17) is 14.8 Å². The van der Waals surface area contributed by atoms with Crippen molar-refractivity contribution >= 4 is 27.8 Å². The summed E-state index contributed by atoms with van der Waals surface area (Å²) in [6, 6.07) is 3.47. The molecule has 4 rings (SSSR count). The highest BCUT2D eigenvalue weighted by atomic mass is 32.2. The van der Waals surface area contributed by atoms with Gasteiger partial charge in [0.15, 0.2) is 0 Å². The molecule has 1 aliphatic carbocycles. The van der Waals surface area contributed by atoms with E-state index in [2.05, 4.69) is 5.32 Å². The minimum absolute atomic E-state index is 0.00294. The van der Waals surface area contributed by atoms with E-state index < -0.39 is 40.9 Å². The van der Waals surface area contributed by atoms with Crippen LogP contribution in [0.1, 0.15) is 68.1 Å². The third kappa shape index (κ3) is 7.91. The van der Waals surface area contributed by atoms with Gasteiger partial charge in [0, 0.05) is 30.8 Å². The van der Waals surface area contributed by atoms with E-state index in [0.29, 0.717) is 37.3 Å². The van der Waals surface area contributed by atoms with Gasteiger partial charge in [-0.3, -0.25) is 9.79 Å². The van der Waals surface area contributed by atoms with Gasteiger partial charge in [0.05, 0.1) is 6.61 Å². The minimum atomic E-state index is -4.14. The summed E-state index contributed by atoms with van der Waals surface area (Å²) >= 11 is 0. The fraction of sp³-hybridized carbons (Fsp3) is 0.655. The van der Waals surface area contributed by atoms with Crippen LogP contribution in [-0.4, -0.2) is 78.8 Å². The Hall–Kier alpha value is -2.48. The first kappa shape index (κ1) is 32.4. The molecular weight excluding hydrogens is 575 g/mol. The van der Waals surface area contributed by atoms with Crippen LogP contribution < -0.4 is 10.1 Å². The maximum atomic E-state index is 13.2. The van der Waals surface area contributed by atoms with Crippen LogP contribution in [0.5, 0.6) is 5.75 Å². The van der Waals surface area contributed by atoms with E-state index >= 15 is 0 Å². The highest BCUT2D eigenvalue weighted by Crippen LogP contribution is 2.38. The molecule has 234 valence electrons. The number of amides is 1. The number of piperidine rings is 1. The van der Waals surface area contributed by atoms with Crippen LogP contribution >= 0.6 is 0 Å². The summed E-state index contributed by atoms with van der Waals surface area (Å²) in [4.78, 5) is 17.7. The summed E-state index contributed by atoms with van der Waals surface area (Å²) in [5.74, 6) is 0.895. The second-order valence-corrected chi connectivity index (χ2v) is 13.5. The summed E-state index contributed by atoms with van der Waals surface area (Å²) < 4.78 is 70.9. The fourth-order valence-electron chi connectivity index (χ4n) is 6.04. The molecule has 0 bridgehead atoms. The number of sulfonamides is 1. The molecule has 9 nitrogen and oxygen atoms in total. The summed E-state index contributed by atoms with van der Waals surface area (Å²) in [5, 5.41) is 22.5. The van der Waals surface area contributed by atoms with Gasteiger partial charge in [-0.1, -0.05) is 0 Å². The number of alkyl halides is 3. The van der Waals surface area contributed by atoms with Gasteiger partial charge in [0.1, 0.15) is 29.8 Å². The maximum absolute atomic E-state index is 13.2. The number of hydrogen-bond acceptors (Lipinski definition) is 7. The van der Waals surface area contributed by atoms with Crippen LogP contribution in [-0.2, 0) is 14.8 Å². The Kier molecular flexibility index (Phi) is 10.1. The topological polar surface area (TPSA) is 129 Å². The number of halogens is 3. The number of ether oxygens (including phenoxy) is 1. The standard InChI is InChI=1S/C29H40F3N3O6S/c1-19-15-24(41-18-23(37)17-36)16-20(2)25(19)8-14-42(39,40)35-12-10-28(11-13-35)27(38)33-26(34-28)22-5-3-21(4-6-22)7-9-29(30,31)32/h8,14-16,21-23,36-37H,3-7,9-13,17-18H2,1-2H3,(H,33,34,38)/t21?,22?,23-/m1/s1. The Balaban J connectivity index is 1.34. The van der Waals surface area contributed by atoms with E-state index in [1.54, 1.807) is 18.2 Å². The maximum Gasteiger partial charge on any atom is 0.389 e. The predicted molar refractivity (Wildman–Crippen MR) is 152 cm³/mol. The average molecular weight is 616 g/mol. The van der Waals surface area contributed by atoms with Gasteiger partial charge in [-0.2, -0.15) is 17.5 Å². The molecule has 42 heavy (non-hydrogen) atoms. The van der Waals surface area contributed by atoms with Crippen LogP contribution in [0.25, 0.3) is 6.08 Å². The molecule has 1 saturated carbocycles. The van der Waals surface area contributed by atoms with Crippen LogP contribution in [0.15, 0.2) is 22.5 Å². The number of benzene rings is 1. The lowest BCUT2D eigenvalue weighted by Crippen LogP contribution is -2.50. The van der Waals surface area contributed by atoms with Crippen LogP contribution in [0.2, 0.25) is 0 Å². The number of carbonyl (C=O) groups excluding carboxylic acids is 1. The number of nitrogens with zero attached hydrogens (tertiary/aromatic N) is 2. The third-order valence-electron chi connectivity index (χ3n) is 8.60. The zero-order valence-electron chi connectivity index (χ0n) is 24.0. The summed E-state index contributed by atoms with van der Waals surface area (Å²) in [5.41, 5.74) is 1.28. The van der Waals surface area contributed by atoms with E-state index in [1.807, 2.05) is 13.8 Å². The van der Waals surface area contributed by atoms with Gasteiger partial charge in [0.25, 0.3) is 5.91 Å². The van der Waals surface area contributed by atoms with Crippen LogP contribution in [0, 0.1) is 25.7 Å². The Morgan fingerprint density at radius 1 is 1.17 bits per heavy atom. The third-order valence-corrected chi connectivity index (χ3v) is 10.2. The lowest BCUT2D eigenvalue weighted by Gasteiger charge is -2.34. The smallest absolute Gasteiger partial charge is 0.389 e. The van der Waals surface area contributed by atoms with Gasteiger partial charge in [-0.15, -0.1) is 0 Å². The van der Waals surface area contributed by atoms with Crippen molar-refractivity contribution < 1.29 is 41.3 Å². The van der Waals surface area contributed by atoms with E-state index in [0.717, 1.165) is 22.1 Å². The second kappa shape index (κ2) is 13.0. The number of aliphatic hydroxyl groups is 2. The first-order valence-corrected chi connectivity index (χ1v) is 15.9. The molecule has 0 radical (unpaired) electrons. The van der Waals surface area contributed by atoms with Gasteiger partial charge in [-0.05, 0) is 99.6 Å². The molecule has 2 fully saturated rings. The molecule has 1 atom stereocenters. The first-order valence-electron chi connectivity index (χ1n) is 14.4. The highest BCUT2D eigenvalue weighted by Gasteiger charge is 2.48. The summed E-state index contributed by atoms with van der Waals surface area (Å²) in [6.07, 6.45) is -1.03. The van der Waals surface area contributed by atoms with E-state index in [9.17, 15) is 31.5 Å². The molecule has 3 N–H and O–H groups in total. The molecule has 1 amide bonds. The molecular formula is C29H40F3N3O6S. The van der Waals surface area contributed by atoms with Gasteiger partial charge in [0.2, 0.25) is 10.0 Å². The first-order chi connectivity index (χ1) is 19.7. The molecule has 1 aromatic carbocycles. The number of amidine groups is 1. The zero-order chi connectivity index (χ0) is 30.7. The molecule has 0 aromatic heterocycles. The van der Waals surface area contributed by atoms with Crippen molar-refractivity contribution in [1.29, 1.82) is 0 Å². The average Bonchev–Trinajstić information content (AvgIpc) is 3.25. The molecule has 1 spiro atoms. The van der Waals surface area contributed by atoms with Crippen molar-refractivity contribution in [2.75, 3.05) is 26.3 Å². The van der Waals surface area contributed by atoms with Crippen LogP contribution in [0.4, 0.5) is 13.2 Å². The van der Waals surface area contributed by atoms with Gasteiger partial charge >= 0.3 is 6.18 Å². The van der Waals surface area contributed by atoms with Crippen molar-refractivity contribution in [2.24, 2.45) is 16.8 Å². The number of nitrogens with one attached hydrogen (secondary N) is 1. The zero-order valence-corrected chi connectivity index (χ0v) is 24.8. The monoisotopic (exact) mass is 615 g/mol. The van der Waals surface area contributed by atoms with Gasteiger partial charge < -0.3 is 20.3 Å². The SMILES string of the molecule is Cc1cc(OC[C@H](O)CO)cc(C)c1C=CS(=O)(=O)N1CCC2(CC1)N=C(C1CCC(CCC(F)(F)F)CC1)NC2=O. The van der Waals surface area contributed by atoms with E-state index in [1.165, 1.54) is 4.31 Å². The lowest BCUT2D eigenvalue weighted by atomic mass is 9.79. The molecule has 1 aromatic rings. The Morgan fingerprint density at radius 3 is 2.36 bits per heavy atom. The molecule has 2 aliphatic heterocycles. The highest BCUT2D eigenvalue weighted by molar-refractivity contribution is 7.92. The van der Waals surface area contributed by atoms with Crippen molar-refractivity contribution in [1.82, 2.24) is 9.62 Å². The molecule has 2 heterocycles. The number of aliphatic hydroxyl groups excluding tert-OH is 2. The number of aryl methyl sites for hydroxylation is 2. The number of hydrogen-bond donors (Lipinski definition) is 3. The lowest BCUT2D eigenvalue weighted by molar-refractivity contribution is -0.138. The van der Waals surface area contributed by atoms with E-state index in [-0.39, 0.29) is 56.7 Å². The molecule has 3 aliphatic rings. The Bertz CT molecular complexity index is 1270. The summed E-state index contributed by atoms with van der Waals surface area (Å²) in [7, 11) is -3.77. The Morgan fingerprint density at radius 2 is 1.79 bits per heavy atom. The molecule has 0 unspecified atom stereocenters.